The number of carbonyl (C=O) groups excluding carboxylic acids is 1. The molecule has 5 heteroatoms. The summed E-state index contributed by atoms with van der Waals surface area (Å²) in [5.74, 6) is 0. The number of hydrogen-bond acceptors (Lipinski definition) is 4. The highest BCUT2D eigenvalue weighted by Gasteiger charge is 2.18. The molecule has 0 unspecified atom stereocenters. The highest BCUT2D eigenvalue weighted by Crippen LogP contribution is 2.00. The van der Waals surface area contributed by atoms with Gasteiger partial charge in [0.05, 0.1) is 6.54 Å². The second kappa shape index (κ2) is 8.94. The molecule has 0 spiro atoms. The van der Waals surface area contributed by atoms with E-state index in [0.29, 0.717) is 6.54 Å². The Morgan fingerprint density at radius 3 is 2.38 bits per heavy atom. The van der Waals surface area contributed by atoms with Gasteiger partial charge in [-0.2, -0.15) is 0 Å². The van der Waals surface area contributed by atoms with Crippen molar-refractivity contribution in [2.45, 2.75) is 6.29 Å². The average Bonchev–Trinajstić information content (AvgIpc) is 2.31. The molecular weight excluding hydrogens is 210 g/mol. The molecule has 0 atom stereocenters. The Labute approximate surface area is 96.3 Å². The van der Waals surface area contributed by atoms with Gasteiger partial charge in [-0.15, -0.1) is 6.58 Å². The van der Waals surface area contributed by atoms with E-state index < -0.39 is 12.4 Å². The molecule has 0 rings (SSSR count). The van der Waals surface area contributed by atoms with Crippen LogP contribution in [0.4, 0.5) is 4.79 Å². The summed E-state index contributed by atoms with van der Waals surface area (Å²) >= 11 is 0. The zero-order valence-corrected chi connectivity index (χ0v) is 9.85. The lowest BCUT2D eigenvalue weighted by Gasteiger charge is -2.24. The van der Waals surface area contributed by atoms with Crippen molar-refractivity contribution in [1.29, 1.82) is 0 Å². The van der Waals surface area contributed by atoms with Crippen LogP contribution in [0.3, 0.4) is 0 Å². The van der Waals surface area contributed by atoms with Gasteiger partial charge in [0.25, 0.3) is 0 Å². The minimum Gasteiger partial charge on any atom is -0.445 e. The number of ether oxygens (including phenoxy) is 3. The summed E-state index contributed by atoms with van der Waals surface area (Å²) in [7, 11) is 3.02. The van der Waals surface area contributed by atoms with Crippen LogP contribution in [-0.4, -0.2) is 51.2 Å². The highest BCUT2D eigenvalue weighted by molar-refractivity contribution is 5.67. The monoisotopic (exact) mass is 229 g/mol. The second-order valence-corrected chi connectivity index (χ2v) is 2.96. The molecule has 1 amide bonds. The maximum atomic E-state index is 11.6. The fourth-order valence-electron chi connectivity index (χ4n) is 1.03. The Morgan fingerprint density at radius 2 is 1.94 bits per heavy atom. The molecule has 0 radical (unpaired) electrons. The predicted octanol–water partition coefficient (Wildman–Crippen LogP) is 1.42. The smallest absolute Gasteiger partial charge is 0.410 e. The maximum Gasteiger partial charge on any atom is 0.410 e. The first kappa shape index (κ1) is 14.7. The van der Waals surface area contributed by atoms with E-state index in [-0.39, 0.29) is 13.2 Å². The molecule has 0 fully saturated rings. The predicted molar refractivity (Wildman–Crippen MR) is 61.1 cm³/mol. The first-order valence-electron chi connectivity index (χ1n) is 4.88. The Morgan fingerprint density at radius 1 is 1.31 bits per heavy atom. The number of methoxy groups -OCH3 is 2. The zero-order valence-electron chi connectivity index (χ0n) is 9.85. The molecule has 0 bridgehead atoms. The van der Waals surface area contributed by atoms with Gasteiger partial charge in [-0.05, 0) is 0 Å². The first-order chi connectivity index (χ1) is 7.69. The molecule has 92 valence electrons. The largest absolute Gasteiger partial charge is 0.445 e. The Kier molecular flexibility index (Phi) is 8.19. The quantitative estimate of drug-likeness (QED) is 0.466. The lowest BCUT2D eigenvalue weighted by molar-refractivity contribution is -0.112. The van der Waals surface area contributed by atoms with Crippen molar-refractivity contribution in [3.63, 3.8) is 0 Å². The van der Waals surface area contributed by atoms with E-state index in [1.54, 1.807) is 6.08 Å². The number of nitrogens with zero attached hydrogens (tertiary/aromatic N) is 1. The van der Waals surface area contributed by atoms with Crippen LogP contribution in [0.1, 0.15) is 0 Å². The first-order valence-corrected chi connectivity index (χ1v) is 4.88. The van der Waals surface area contributed by atoms with Crippen LogP contribution < -0.4 is 0 Å². The number of hydrogen-bond donors (Lipinski definition) is 0. The summed E-state index contributed by atoms with van der Waals surface area (Å²) < 4.78 is 14.9. The summed E-state index contributed by atoms with van der Waals surface area (Å²) in [6.45, 7) is 7.88. The van der Waals surface area contributed by atoms with Crippen molar-refractivity contribution in [3.05, 3.63) is 25.3 Å². The molecule has 0 aliphatic heterocycles. The van der Waals surface area contributed by atoms with Gasteiger partial charge in [0.2, 0.25) is 0 Å². The number of rotatable bonds is 8. The van der Waals surface area contributed by atoms with E-state index >= 15 is 0 Å². The van der Waals surface area contributed by atoms with Crippen molar-refractivity contribution in [2.75, 3.05) is 33.9 Å². The fourth-order valence-corrected chi connectivity index (χ4v) is 1.03. The molecule has 0 aromatic heterocycles. The summed E-state index contributed by atoms with van der Waals surface area (Å²) in [4.78, 5) is 13.0. The van der Waals surface area contributed by atoms with Crippen LogP contribution in [0.5, 0.6) is 0 Å². The summed E-state index contributed by atoms with van der Waals surface area (Å²) in [6.07, 6.45) is 2.20. The van der Waals surface area contributed by atoms with E-state index in [1.165, 1.54) is 25.2 Å². The van der Waals surface area contributed by atoms with Gasteiger partial charge >= 0.3 is 6.09 Å². The standard InChI is InChI=1S/C11H19NO4/c1-5-7-12(9-10(14-3)15-4)11(13)16-8-6-2/h5-6,10H,1-2,7-9H2,3-4H3. The molecule has 0 heterocycles. The van der Waals surface area contributed by atoms with Crippen molar-refractivity contribution in [3.8, 4) is 0 Å². The third-order valence-corrected chi connectivity index (χ3v) is 1.83. The zero-order chi connectivity index (χ0) is 12.4. The normalized spacial score (nSPS) is 9.94. The SMILES string of the molecule is C=CCOC(=O)N(CC=C)CC(OC)OC. The Balaban J connectivity index is 4.28. The van der Waals surface area contributed by atoms with E-state index in [0.717, 1.165) is 0 Å². The van der Waals surface area contributed by atoms with Gasteiger partial charge < -0.3 is 14.2 Å². The molecule has 0 aliphatic rings. The van der Waals surface area contributed by atoms with E-state index in [2.05, 4.69) is 13.2 Å². The molecule has 5 nitrogen and oxygen atoms in total. The number of amides is 1. The van der Waals surface area contributed by atoms with Crippen LogP contribution in [0.2, 0.25) is 0 Å². The van der Waals surface area contributed by atoms with Gasteiger partial charge in [0, 0.05) is 20.8 Å². The van der Waals surface area contributed by atoms with Crippen molar-refractivity contribution in [1.82, 2.24) is 4.90 Å². The van der Waals surface area contributed by atoms with Crippen molar-refractivity contribution < 1.29 is 19.0 Å². The minimum atomic E-state index is -0.476. The Hall–Kier alpha value is -1.33. The van der Waals surface area contributed by atoms with Gasteiger partial charge in [-0.25, -0.2) is 4.79 Å². The van der Waals surface area contributed by atoms with Crippen LogP contribution in [0.25, 0.3) is 0 Å². The van der Waals surface area contributed by atoms with Crippen LogP contribution in [-0.2, 0) is 14.2 Å². The lowest BCUT2D eigenvalue weighted by Crippen LogP contribution is -2.39. The molecule has 0 saturated heterocycles. The topological polar surface area (TPSA) is 48.0 Å². The molecule has 0 N–H and O–H groups in total. The minimum absolute atomic E-state index is 0.178. The fraction of sp³-hybridized carbons (Fsp3) is 0.545. The van der Waals surface area contributed by atoms with Gasteiger partial charge in [-0.1, -0.05) is 18.7 Å². The van der Waals surface area contributed by atoms with E-state index in [1.807, 2.05) is 0 Å². The third-order valence-electron chi connectivity index (χ3n) is 1.83. The summed E-state index contributed by atoms with van der Waals surface area (Å²) in [5, 5.41) is 0. The third kappa shape index (κ3) is 5.53. The van der Waals surface area contributed by atoms with Gasteiger partial charge in [0.1, 0.15) is 6.61 Å². The van der Waals surface area contributed by atoms with Crippen LogP contribution in [0, 0.1) is 0 Å². The lowest BCUT2D eigenvalue weighted by atomic mass is 10.4. The average molecular weight is 229 g/mol. The van der Waals surface area contributed by atoms with E-state index in [9.17, 15) is 4.79 Å². The molecule has 0 aromatic rings. The van der Waals surface area contributed by atoms with Crippen LogP contribution >= 0.6 is 0 Å². The molecule has 16 heavy (non-hydrogen) atoms. The van der Waals surface area contributed by atoms with E-state index in [4.69, 9.17) is 14.2 Å². The summed E-state index contributed by atoms with van der Waals surface area (Å²) in [6, 6.07) is 0. The molecular formula is C11H19NO4. The molecule has 0 aliphatic carbocycles. The summed E-state index contributed by atoms with van der Waals surface area (Å²) in [5.41, 5.74) is 0. The highest BCUT2D eigenvalue weighted by atomic mass is 16.7. The molecule has 0 aromatic carbocycles. The molecule has 0 saturated carbocycles. The van der Waals surface area contributed by atoms with Gasteiger partial charge in [-0.3, -0.25) is 4.90 Å². The van der Waals surface area contributed by atoms with Crippen molar-refractivity contribution in [2.24, 2.45) is 0 Å². The van der Waals surface area contributed by atoms with Crippen molar-refractivity contribution >= 4 is 6.09 Å². The Bertz CT molecular complexity index is 226. The number of carbonyl (C=O) groups is 1. The van der Waals surface area contributed by atoms with Gasteiger partial charge in [0.15, 0.2) is 6.29 Å². The second-order valence-electron chi connectivity index (χ2n) is 2.96. The van der Waals surface area contributed by atoms with Crippen LogP contribution in [0.15, 0.2) is 25.3 Å². The maximum absolute atomic E-state index is 11.6.